The van der Waals surface area contributed by atoms with Crippen LogP contribution in [0.3, 0.4) is 0 Å². The summed E-state index contributed by atoms with van der Waals surface area (Å²) in [4.78, 5) is 14.6. The molecule has 1 amide bonds. The van der Waals surface area contributed by atoms with E-state index in [1.807, 2.05) is 12.1 Å². The molecule has 4 heteroatoms. The zero-order valence-corrected chi connectivity index (χ0v) is 17.0. The predicted octanol–water partition coefficient (Wildman–Crippen LogP) is 4.04. The maximum absolute atomic E-state index is 12.2. The Morgan fingerprint density at radius 3 is 2.58 bits per heavy atom. The largest absolute Gasteiger partial charge is 0.484 e. The molecule has 1 aromatic carbocycles. The molecule has 1 heterocycles. The van der Waals surface area contributed by atoms with Crippen LogP contribution in [0.25, 0.3) is 0 Å². The van der Waals surface area contributed by atoms with E-state index in [0.717, 1.165) is 38.2 Å². The Morgan fingerprint density at radius 2 is 2.00 bits per heavy atom. The number of likely N-dealkylation sites (tertiary alicyclic amines) is 1. The van der Waals surface area contributed by atoms with E-state index in [9.17, 15) is 4.79 Å². The highest BCUT2D eigenvalue weighted by atomic mass is 16.5. The number of benzene rings is 1. The molecule has 0 bridgehead atoms. The highest BCUT2D eigenvalue weighted by Crippen LogP contribution is 2.23. The second kappa shape index (κ2) is 9.77. The fraction of sp³-hybridized carbons (Fsp3) is 0.591. The lowest BCUT2D eigenvalue weighted by Gasteiger charge is -2.31. The maximum atomic E-state index is 12.2. The molecule has 1 saturated heterocycles. The van der Waals surface area contributed by atoms with Crippen molar-refractivity contribution in [1.29, 1.82) is 0 Å². The number of nitrogens with zero attached hydrogens (tertiary/aromatic N) is 1. The Labute approximate surface area is 158 Å². The molecule has 1 aliphatic rings. The number of amides is 1. The molecule has 1 aliphatic heterocycles. The minimum absolute atomic E-state index is 0.0293. The second-order valence-corrected chi connectivity index (χ2v) is 7.89. The number of piperidine rings is 1. The van der Waals surface area contributed by atoms with Crippen molar-refractivity contribution in [3.05, 3.63) is 41.0 Å². The Morgan fingerprint density at radius 1 is 1.31 bits per heavy atom. The monoisotopic (exact) mass is 358 g/mol. The first-order chi connectivity index (χ1) is 12.3. The van der Waals surface area contributed by atoms with Crippen LogP contribution in [-0.4, -0.2) is 43.1 Å². The molecular weight excluding hydrogens is 324 g/mol. The first kappa shape index (κ1) is 20.5. The number of carbonyl (C=O) groups is 1. The van der Waals surface area contributed by atoms with E-state index in [0.29, 0.717) is 5.92 Å². The van der Waals surface area contributed by atoms with Crippen molar-refractivity contribution >= 4 is 5.91 Å². The lowest BCUT2D eigenvalue weighted by atomic mass is 9.98. The van der Waals surface area contributed by atoms with E-state index in [2.05, 4.69) is 57.0 Å². The van der Waals surface area contributed by atoms with E-state index in [1.165, 1.54) is 16.7 Å². The summed E-state index contributed by atoms with van der Waals surface area (Å²) >= 11 is 0. The number of ether oxygens (including phenoxy) is 1. The smallest absolute Gasteiger partial charge is 0.258 e. The number of allylic oxidation sites excluding steroid dienone is 1. The number of hydrogen-bond donors (Lipinski definition) is 1. The van der Waals surface area contributed by atoms with Crippen molar-refractivity contribution in [2.75, 3.05) is 26.2 Å². The van der Waals surface area contributed by atoms with Gasteiger partial charge in [0.05, 0.1) is 0 Å². The Hall–Kier alpha value is -1.81. The van der Waals surface area contributed by atoms with Gasteiger partial charge in [-0.15, -0.1) is 0 Å². The Kier molecular flexibility index (Phi) is 7.70. The zero-order chi connectivity index (χ0) is 19.1. The Balaban J connectivity index is 1.73. The third kappa shape index (κ3) is 6.49. The van der Waals surface area contributed by atoms with Crippen LogP contribution in [0.2, 0.25) is 0 Å². The molecule has 26 heavy (non-hydrogen) atoms. The van der Waals surface area contributed by atoms with Gasteiger partial charge in [-0.25, -0.2) is 0 Å². The van der Waals surface area contributed by atoms with Crippen LogP contribution in [0.1, 0.15) is 57.6 Å². The average Bonchev–Trinajstić information content (AvgIpc) is 2.59. The molecule has 2 rings (SSSR count). The van der Waals surface area contributed by atoms with Gasteiger partial charge in [-0.2, -0.15) is 0 Å². The highest BCUT2D eigenvalue weighted by Gasteiger charge is 2.20. The summed E-state index contributed by atoms with van der Waals surface area (Å²) in [6.07, 6.45) is 4.27. The van der Waals surface area contributed by atoms with Crippen LogP contribution in [0.4, 0.5) is 0 Å². The quantitative estimate of drug-likeness (QED) is 0.748. The van der Waals surface area contributed by atoms with E-state index >= 15 is 0 Å². The second-order valence-electron chi connectivity index (χ2n) is 7.89. The third-order valence-corrected chi connectivity index (χ3v) is 4.94. The van der Waals surface area contributed by atoms with Crippen molar-refractivity contribution in [1.82, 2.24) is 10.2 Å². The summed E-state index contributed by atoms with van der Waals surface area (Å²) in [5.41, 5.74) is 3.89. The Bertz CT molecular complexity index is 625. The molecule has 0 radical (unpaired) electrons. The zero-order valence-electron chi connectivity index (χ0n) is 17.0. The van der Waals surface area contributed by atoms with Crippen LogP contribution >= 0.6 is 0 Å². The van der Waals surface area contributed by atoms with Crippen molar-refractivity contribution in [3.8, 4) is 5.75 Å². The van der Waals surface area contributed by atoms with Gasteiger partial charge in [0.2, 0.25) is 0 Å². The number of carbonyl (C=O) groups excluding carboxylic acids is 1. The summed E-state index contributed by atoms with van der Waals surface area (Å²) in [5.74, 6) is 1.23. The van der Waals surface area contributed by atoms with E-state index < -0.39 is 0 Å². The van der Waals surface area contributed by atoms with Gasteiger partial charge in [-0.1, -0.05) is 31.6 Å². The van der Waals surface area contributed by atoms with Gasteiger partial charge in [0, 0.05) is 25.7 Å². The predicted molar refractivity (Wildman–Crippen MR) is 108 cm³/mol. The van der Waals surface area contributed by atoms with Crippen molar-refractivity contribution in [2.24, 2.45) is 0 Å². The third-order valence-electron chi connectivity index (χ3n) is 4.94. The molecule has 0 unspecified atom stereocenters. The highest BCUT2D eigenvalue weighted by molar-refractivity contribution is 5.77. The van der Waals surface area contributed by atoms with Gasteiger partial charge in [0.15, 0.2) is 6.61 Å². The summed E-state index contributed by atoms with van der Waals surface area (Å²) in [5, 5.41) is 3.11. The number of hydrogen-bond acceptors (Lipinski definition) is 3. The number of aryl methyl sites for hydroxylation is 1. The molecule has 1 fully saturated rings. The summed E-state index contributed by atoms with van der Waals surface area (Å²) in [7, 11) is 0. The molecule has 0 aliphatic carbocycles. The van der Waals surface area contributed by atoms with Gasteiger partial charge in [0.1, 0.15) is 5.75 Å². The fourth-order valence-electron chi connectivity index (χ4n) is 3.38. The lowest BCUT2D eigenvalue weighted by Crippen LogP contribution is -2.45. The van der Waals surface area contributed by atoms with Gasteiger partial charge >= 0.3 is 0 Å². The minimum Gasteiger partial charge on any atom is -0.484 e. The van der Waals surface area contributed by atoms with E-state index in [-0.39, 0.29) is 18.6 Å². The van der Waals surface area contributed by atoms with Crippen molar-refractivity contribution < 1.29 is 9.53 Å². The van der Waals surface area contributed by atoms with Gasteiger partial charge in [0.25, 0.3) is 5.91 Å². The van der Waals surface area contributed by atoms with Gasteiger partial charge < -0.3 is 10.1 Å². The van der Waals surface area contributed by atoms with E-state index in [1.54, 1.807) is 0 Å². The van der Waals surface area contributed by atoms with Crippen LogP contribution in [0.15, 0.2) is 29.8 Å². The van der Waals surface area contributed by atoms with Crippen molar-refractivity contribution in [2.45, 2.75) is 59.4 Å². The topological polar surface area (TPSA) is 41.6 Å². The molecule has 144 valence electrons. The van der Waals surface area contributed by atoms with Crippen molar-refractivity contribution in [3.63, 3.8) is 0 Å². The van der Waals surface area contributed by atoms with Crippen LogP contribution in [0, 0.1) is 6.92 Å². The molecule has 1 N–H and O–H groups in total. The molecular formula is C22H34N2O2. The van der Waals surface area contributed by atoms with E-state index in [4.69, 9.17) is 4.74 Å². The minimum atomic E-state index is -0.0293. The fourth-order valence-corrected chi connectivity index (χ4v) is 3.38. The molecule has 0 spiro atoms. The lowest BCUT2D eigenvalue weighted by molar-refractivity contribution is -0.124. The summed E-state index contributed by atoms with van der Waals surface area (Å²) < 4.78 is 5.68. The number of nitrogens with one attached hydrogen (secondary N) is 1. The molecule has 4 nitrogen and oxygen atoms in total. The number of rotatable bonds is 7. The summed E-state index contributed by atoms with van der Waals surface area (Å²) in [6.45, 7) is 13.9. The molecule has 1 aromatic rings. The summed E-state index contributed by atoms with van der Waals surface area (Å²) in [6, 6.07) is 6.33. The molecule has 0 atom stereocenters. The standard InChI is InChI=1S/C22H34N2O2/c1-16(2)8-11-24-12-9-19(10-13-24)23-22(25)15-26-20-6-7-21(17(3)4)18(5)14-20/h6-8,14,17,19H,9-13,15H2,1-5H3,(H,23,25). The SMILES string of the molecule is CC(C)=CCN1CCC(NC(=O)COc2ccc(C(C)C)c(C)c2)CC1. The first-order valence-corrected chi connectivity index (χ1v) is 9.73. The molecule has 0 aromatic heterocycles. The van der Waals surface area contributed by atoms with Crippen LogP contribution in [0.5, 0.6) is 5.75 Å². The normalized spacial score (nSPS) is 15.8. The maximum Gasteiger partial charge on any atom is 0.258 e. The average molecular weight is 359 g/mol. The first-order valence-electron chi connectivity index (χ1n) is 9.73. The van der Waals surface area contributed by atoms with Gasteiger partial charge in [-0.3, -0.25) is 9.69 Å². The van der Waals surface area contributed by atoms with Gasteiger partial charge in [-0.05, 0) is 62.8 Å². The molecule has 0 saturated carbocycles. The van der Waals surface area contributed by atoms with Crippen LogP contribution in [-0.2, 0) is 4.79 Å². The van der Waals surface area contributed by atoms with Crippen LogP contribution < -0.4 is 10.1 Å².